The summed E-state index contributed by atoms with van der Waals surface area (Å²) in [6.45, 7) is 10.4. The molecule has 1 spiro atoms. The SMILES string of the molecule is CC(C)(C)OC[C@H]1CNC2(CC2)CN1Cc1ccccc1. The molecule has 116 valence electrons. The highest BCUT2D eigenvalue weighted by Crippen LogP contribution is 2.39. The average molecular weight is 288 g/mol. The first kappa shape index (κ1) is 15.0. The minimum absolute atomic E-state index is 0.0624. The molecule has 0 unspecified atom stereocenters. The fourth-order valence-corrected chi connectivity index (χ4v) is 3.04. The molecule has 1 aliphatic heterocycles. The Morgan fingerprint density at radius 2 is 1.95 bits per heavy atom. The predicted molar refractivity (Wildman–Crippen MR) is 86.3 cm³/mol. The van der Waals surface area contributed by atoms with Crippen molar-refractivity contribution in [2.24, 2.45) is 0 Å². The van der Waals surface area contributed by atoms with Crippen molar-refractivity contribution in [3.05, 3.63) is 35.9 Å². The summed E-state index contributed by atoms with van der Waals surface area (Å²) < 4.78 is 6.04. The van der Waals surface area contributed by atoms with Gasteiger partial charge in [0.25, 0.3) is 0 Å². The number of ether oxygens (including phenoxy) is 1. The van der Waals surface area contributed by atoms with Gasteiger partial charge in [-0.2, -0.15) is 0 Å². The molecule has 1 heterocycles. The first-order chi connectivity index (χ1) is 9.96. The van der Waals surface area contributed by atoms with Crippen LogP contribution in [0.2, 0.25) is 0 Å². The van der Waals surface area contributed by atoms with Crippen LogP contribution in [0.3, 0.4) is 0 Å². The first-order valence-electron chi connectivity index (χ1n) is 8.13. The lowest BCUT2D eigenvalue weighted by molar-refractivity contribution is -0.0463. The number of rotatable bonds is 4. The summed E-state index contributed by atoms with van der Waals surface area (Å²) in [7, 11) is 0. The highest BCUT2D eigenvalue weighted by atomic mass is 16.5. The number of hydrogen-bond donors (Lipinski definition) is 1. The van der Waals surface area contributed by atoms with E-state index < -0.39 is 0 Å². The first-order valence-corrected chi connectivity index (χ1v) is 8.13. The molecule has 2 aliphatic rings. The van der Waals surface area contributed by atoms with E-state index in [1.165, 1.54) is 18.4 Å². The molecule has 1 saturated heterocycles. The van der Waals surface area contributed by atoms with E-state index in [1.54, 1.807) is 0 Å². The van der Waals surface area contributed by atoms with E-state index in [0.717, 1.165) is 26.2 Å². The van der Waals surface area contributed by atoms with Gasteiger partial charge in [-0.25, -0.2) is 0 Å². The van der Waals surface area contributed by atoms with Crippen LogP contribution >= 0.6 is 0 Å². The minimum atomic E-state index is -0.0624. The van der Waals surface area contributed by atoms with Crippen LogP contribution in [0.25, 0.3) is 0 Å². The monoisotopic (exact) mass is 288 g/mol. The zero-order valence-corrected chi connectivity index (χ0v) is 13.6. The van der Waals surface area contributed by atoms with Crippen LogP contribution in [0.15, 0.2) is 30.3 Å². The van der Waals surface area contributed by atoms with Crippen molar-refractivity contribution >= 4 is 0 Å². The Labute approximate surface area is 128 Å². The van der Waals surface area contributed by atoms with Gasteiger partial charge in [-0.1, -0.05) is 30.3 Å². The van der Waals surface area contributed by atoms with Gasteiger partial charge in [-0.15, -0.1) is 0 Å². The van der Waals surface area contributed by atoms with Crippen LogP contribution in [0, 0.1) is 0 Å². The van der Waals surface area contributed by atoms with Gasteiger partial charge in [-0.05, 0) is 39.2 Å². The van der Waals surface area contributed by atoms with Crippen LogP contribution in [-0.2, 0) is 11.3 Å². The molecular weight excluding hydrogens is 260 g/mol. The summed E-state index contributed by atoms with van der Waals surface area (Å²) in [6, 6.07) is 11.3. The Kier molecular flexibility index (Phi) is 4.08. The van der Waals surface area contributed by atoms with E-state index in [9.17, 15) is 0 Å². The van der Waals surface area contributed by atoms with Crippen molar-refractivity contribution < 1.29 is 4.74 Å². The van der Waals surface area contributed by atoms with Crippen LogP contribution in [0.5, 0.6) is 0 Å². The summed E-state index contributed by atoms with van der Waals surface area (Å²) >= 11 is 0. The molecule has 1 aromatic carbocycles. The second kappa shape index (κ2) is 5.71. The smallest absolute Gasteiger partial charge is 0.0641 e. The number of nitrogens with zero attached hydrogens (tertiary/aromatic N) is 1. The van der Waals surface area contributed by atoms with E-state index >= 15 is 0 Å². The van der Waals surface area contributed by atoms with Crippen LogP contribution in [0.4, 0.5) is 0 Å². The molecule has 1 saturated carbocycles. The van der Waals surface area contributed by atoms with Gasteiger partial charge in [0, 0.05) is 31.2 Å². The van der Waals surface area contributed by atoms with Gasteiger partial charge in [0.1, 0.15) is 0 Å². The maximum atomic E-state index is 6.04. The normalized spacial score (nSPS) is 25.2. The number of hydrogen-bond acceptors (Lipinski definition) is 3. The van der Waals surface area contributed by atoms with Crippen molar-refractivity contribution in [1.29, 1.82) is 0 Å². The number of piperazine rings is 1. The van der Waals surface area contributed by atoms with Gasteiger partial charge >= 0.3 is 0 Å². The largest absolute Gasteiger partial charge is 0.374 e. The second-order valence-electron chi connectivity index (χ2n) is 7.63. The van der Waals surface area contributed by atoms with Crippen molar-refractivity contribution in [3.8, 4) is 0 Å². The predicted octanol–water partition coefficient (Wildman–Crippen LogP) is 2.81. The zero-order valence-electron chi connectivity index (χ0n) is 13.6. The van der Waals surface area contributed by atoms with Gasteiger partial charge in [0.05, 0.1) is 12.2 Å². The molecule has 2 fully saturated rings. The van der Waals surface area contributed by atoms with E-state index in [1.807, 2.05) is 0 Å². The van der Waals surface area contributed by atoms with E-state index in [4.69, 9.17) is 4.74 Å². The molecule has 0 radical (unpaired) electrons. The van der Waals surface area contributed by atoms with Crippen molar-refractivity contribution in [3.63, 3.8) is 0 Å². The summed E-state index contributed by atoms with van der Waals surface area (Å²) in [4.78, 5) is 2.62. The fraction of sp³-hybridized carbons (Fsp3) is 0.667. The quantitative estimate of drug-likeness (QED) is 0.922. The Morgan fingerprint density at radius 1 is 1.24 bits per heavy atom. The Hall–Kier alpha value is -0.900. The highest BCUT2D eigenvalue weighted by Gasteiger charge is 2.47. The highest BCUT2D eigenvalue weighted by molar-refractivity contribution is 5.16. The van der Waals surface area contributed by atoms with Crippen LogP contribution < -0.4 is 5.32 Å². The van der Waals surface area contributed by atoms with Crippen molar-refractivity contribution in [2.75, 3.05) is 19.7 Å². The molecule has 0 aromatic heterocycles. The lowest BCUT2D eigenvalue weighted by Gasteiger charge is -2.41. The molecular formula is C18H28N2O. The van der Waals surface area contributed by atoms with E-state index in [2.05, 4.69) is 61.3 Å². The third kappa shape index (κ3) is 4.06. The van der Waals surface area contributed by atoms with Crippen LogP contribution in [0.1, 0.15) is 39.2 Å². The fourth-order valence-electron chi connectivity index (χ4n) is 3.04. The molecule has 0 bridgehead atoms. The summed E-state index contributed by atoms with van der Waals surface area (Å²) in [5.74, 6) is 0. The molecule has 3 nitrogen and oxygen atoms in total. The van der Waals surface area contributed by atoms with Crippen molar-refractivity contribution in [1.82, 2.24) is 10.2 Å². The molecule has 21 heavy (non-hydrogen) atoms. The lowest BCUT2D eigenvalue weighted by atomic mass is 10.1. The number of benzene rings is 1. The lowest BCUT2D eigenvalue weighted by Crippen LogP contribution is -2.59. The van der Waals surface area contributed by atoms with Gasteiger partial charge in [0.2, 0.25) is 0 Å². The molecule has 3 rings (SSSR count). The molecule has 1 aromatic rings. The Morgan fingerprint density at radius 3 is 2.57 bits per heavy atom. The average Bonchev–Trinajstić information content (AvgIpc) is 3.17. The number of nitrogens with one attached hydrogen (secondary N) is 1. The third-order valence-corrected chi connectivity index (χ3v) is 4.53. The maximum Gasteiger partial charge on any atom is 0.0641 e. The maximum absolute atomic E-state index is 6.04. The summed E-state index contributed by atoms with van der Waals surface area (Å²) in [5.41, 5.74) is 1.75. The zero-order chi connectivity index (χ0) is 14.9. The minimum Gasteiger partial charge on any atom is -0.374 e. The van der Waals surface area contributed by atoms with Gasteiger partial charge in [-0.3, -0.25) is 4.90 Å². The molecule has 1 atom stereocenters. The summed E-state index contributed by atoms with van der Waals surface area (Å²) in [6.07, 6.45) is 2.65. The van der Waals surface area contributed by atoms with Gasteiger partial charge < -0.3 is 10.1 Å². The second-order valence-corrected chi connectivity index (χ2v) is 7.63. The topological polar surface area (TPSA) is 24.5 Å². The van der Waals surface area contributed by atoms with Gasteiger partial charge in [0.15, 0.2) is 0 Å². The molecule has 1 N–H and O–H groups in total. The molecule has 3 heteroatoms. The van der Waals surface area contributed by atoms with E-state index in [-0.39, 0.29) is 5.60 Å². The van der Waals surface area contributed by atoms with Crippen molar-refractivity contribution in [2.45, 2.75) is 57.3 Å². The summed E-state index contributed by atoms with van der Waals surface area (Å²) in [5, 5.41) is 3.75. The molecule has 0 amide bonds. The standard InChI is InChI=1S/C18H28N2O/c1-17(2,3)21-13-16-11-19-18(9-10-18)14-20(16)12-15-7-5-4-6-8-15/h4-8,16,19H,9-14H2,1-3H3/t16-/m1/s1. The molecule has 1 aliphatic carbocycles. The Balaban J connectivity index is 1.65. The van der Waals surface area contributed by atoms with Crippen LogP contribution in [-0.4, -0.2) is 41.8 Å². The van der Waals surface area contributed by atoms with E-state index in [0.29, 0.717) is 11.6 Å². The third-order valence-electron chi connectivity index (χ3n) is 4.53. The Bertz CT molecular complexity index is 462.